The zero-order valence-corrected chi connectivity index (χ0v) is 19.3. The van der Waals surface area contributed by atoms with Gasteiger partial charge < -0.3 is 20.5 Å². The first-order valence-electron chi connectivity index (χ1n) is 9.53. The molecule has 27 heavy (non-hydrogen) atoms. The summed E-state index contributed by atoms with van der Waals surface area (Å²) >= 11 is 6.01. The van der Waals surface area contributed by atoms with Crippen LogP contribution < -0.4 is 10.6 Å². The summed E-state index contributed by atoms with van der Waals surface area (Å²) in [7, 11) is 0. The first kappa shape index (κ1) is 22.7. The quantitative estimate of drug-likeness (QED) is 0.323. The van der Waals surface area contributed by atoms with Crippen LogP contribution >= 0.6 is 35.6 Å². The molecule has 1 aromatic carbocycles. The topological polar surface area (TPSA) is 65.9 Å². The Labute approximate surface area is 184 Å². The number of nitrogens with one attached hydrogen (secondary N) is 2. The Bertz CT molecular complexity index is 656. The molecule has 152 valence electrons. The molecule has 0 bridgehead atoms. The smallest absolute Gasteiger partial charge is 0.191 e. The summed E-state index contributed by atoms with van der Waals surface area (Å²) in [5, 5.41) is 17.9. The number of benzene rings is 1. The molecule has 2 aliphatic rings. The Morgan fingerprint density at radius 2 is 2.22 bits per heavy atom. The summed E-state index contributed by atoms with van der Waals surface area (Å²) in [6, 6.07) is 7.61. The number of hydrogen-bond donors (Lipinski definition) is 3. The Morgan fingerprint density at radius 3 is 2.93 bits per heavy atom. The molecule has 4 atom stereocenters. The third-order valence-electron chi connectivity index (χ3n) is 5.62. The number of hydrogen-bond acceptors (Lipinski definition) is 3. The lowest BCUT2D eigenvalue weighted by Crippen LogP contribution is -2.71. The van der Waals surface area contributed by atoms with E-state index in [9.17, 15) is 5.11 Å². The molecule has 2 fully saturated rings. The number of rotatable bonds is 5. The van der Waals surface area contributed by atoms with Crippen molar-refractivity contribution in [3.63, 3.8) is 0 Å². The second kappa shape index (κ2) is 9.76. The summed E-state index contributed by atoms with van der Waals surface area (Å²) in [4.78, 5) is 4.60. The van der Waals surface area contributed by atoms with Gasteiger partial charge in [-0.25, -0.2) is 0 Å². The number of halogens is 2. The van der Waals surface area contributed by atoms with Crippen LogP contribution in [0.2, 0.25) is 5.02 Å². The molecule has 3 rings (SSSR count). The molecule has 3 N–H and O–H groups in total. The van der Waals surface area contributed by atoms with Gasteiger partial charge in [0.05, 0.1) is 18.8 Å². The molecule has 1 aliphatic carbocycles. The standard InChI is InChI=1S/C20H30ClN3O2.HI/c1-4-22-19(23-12-16(25)13-7-5-8-14(21)11-13)24-17-15-9-6-10-26-18(15)20(17,2)3;/h5,7-8,11,15-18,25H,4,6,9-10,12H2,1-3H3,(H2,22,23,24);1H. The largest absolute Gasteiger partial charge is 0.386 e. The van der Waals surface area contributed by atoms with E-state index < -0.39 is 6.10 Å². The van der Waals surface area contributed by atoms with Crippen molar-refractivity contribution in [1.29, 1.82) is 0 Å². The van der Waals surface area contributed by atoms with E-state index in [1.165, 1.54) is 6.42 Å². The molecule has 4 unspecified atom stereocenters. The molecule has 1 saturated heterocycles. The maximum atomic E-state index is 10.4. The normalized spacial score (nSPS) is 27.6. The predicted octanol–water partition coefficient (Wildman–Crippen LogP) is 3.75. The molecular weight excluding hydrogens is 477 g/mol. The van der Waals surface area contributed by atoms with Crippen molar-refractivity contribution in [3.8, 4) is 0 Å². The average molecular weight is 508 g/mol. The summed E-state index contributed by atoms with van der Waals surface area (Å²) in [6.07, 6.45) is 1.96. The summed E-state index contributed by atoms with van der Waals surface area (Å²) in [5.41, 5.74) is 0.856. The van der Waals surface area contributed by atoms with Gasteiger partial charge in [0.15, 0.2) is 5.96 Å². The van der Waals surface area contributed by atoms with Gasteiger partial charge >= 0.3 is 0 Å². The minimum Gasteiger partial charge on any atom is -0.386 e. The van der Waals surface area contributed by atoms with Crippen LogP contribution in [0.15, 0.2) is 29.3 Å². The van der Waals surface area contributed by atoms with Gasteiger partial charge in [0, 0.05) is 35.5 Å². The zero-order chi connectivity index (χ0) is 18.7. The van der Waals surface area contributed by atoms with Gasteiger partial charge in [-0.2, -0.15) is 0 Å². The molecule has 0 aromatic heterocycles. The van der Waals surface area contributed by atoms with Gasteiger partial charge in [-0.1, -0.05) is 37.6 Å². The summed E-state index contributed by atoms with van der Waals surface area (Å²) in [6.45, 7) is 8.48. The van der Waals surface area contributed by atoms with Crippen LogP contribution in [0.25, 0.3) is 0 Å². The molecule has 5 nitrogen and oxygen atoms in total. The maximum absolute atomic E-state index is 10.4. The lowest BCUT2D eigenvalue weighted by Gasteiger charge is -2.60. The van der Waals surface area contributed by atoms with Crippen molar-refractivity contribution in [2.24, 2.45) is 16.3 Å². The molecular formula is C20H31ClIN3O2. The van der Waals surface area contributed by atoms with Gasteiger partial charge in [-0.05, 0) is 37.5 Å². The van der Waals surface area contributed by atoms with Crippen molar-refractivity contribution >= 4 is 41.5 Å². The monoisotopic (exact) mass is 507 g/mol. The van der Waals surface area contributed by atoms with E-state index in [0.29, 0.717) is 23.1 Å². The number of guanidine groups is 1. The fraction of sp³-hybridized carbons (Fsp3) is 0.650. The number of fused-ring (bicyclic) bond motifs is 1. The van der Waals surface area contributed by atoms with E-state index in [1.807, 2.05) is 19.1 Å². The molecule has 1 aliphatic heterocycles. The summed E-state index contributed by atoms with van der Waals surface area (Å²) in [5.74, 6) is 1.27. The van der Waals surface area contributed by atoms with E-state index in [4.69, 9.17) is 16.3 Å². The highest BCUT2D eigenvalue weighted by Gasteiger charge is 2.58. The highest BCUT2D eigenvalue weighted by atomic mass is 127. The first-order valence-corrected chi connectivity index (χ1v) is 9.91. The van der Waals surface area contributed by atoms with Crippen molar-refractivity contribution in [3.05, 3.63) is 34.9 Å². The molecule has 1 heterocycles. The van der Waals surface area contributed by atoms with E-state index in [1.54, 1.807) is 12.1 Å². The van der Waals surface area contributed by atoms with Gasteiger partial charge in [0.1, 0.15) is 0 Å². The molecule has 0 amide bonds. The van der Waals surface area contributed by atoms with Crippen LogP contribution in [0.1, 0.15) is 45.3 Å². The van der Waals surface area contributed by atoms with Crippen molar-refractivity contribution in [2.45, 2.75) is 51.9 Å². The third-order valence-corrected chi connectivity index (χ3v) is 5.86. The van der Waals surface area contributed by atoms with E-state index in [-0.39, 0.29) is 35.9 Å². The van der Waals surface area contributed by atoms with Crippen LogP contribution in [0.5, 0.6) is 0 Å². The average Bonchev–Trinajstić information content (AvgIpc) is 2.63. The van der Waals surface area contributed by atoms with Gasteiger partial charge in [0.25, 0.3) is 0 Å². The number of aliphatic hydroxyl groups is 1. The fourth-order valence-electron chi connectivity index (χ4n) is 4.28. The number of nitrogens with zero attached hydrogens (tertiary/aromatic N) is 1. The van der Waals surface area contributed by atoms with Gasteiger partial charge in [-0.3, -0.25) is 4.99 Å². The van der Waals surface area contributed by atoms with Crippen LogP contribution in [0, 0.1) is 11.3 Å². The Morgan fingerprint density at radius 1 is 1.44 bits per heavy atom. The van der Waals surface area contributed by atoms with Crippen LogP contribution in [-0.4, -0.2) is 42.9 Å². The molecule has 0 spiro atoms. The third kappa shape index (κ3) is 5.08. The highest BCUT2D eigenvalue weighted by Crippen LogP contribution is 2.51. The molecule has 7 heteroatoms. The first-order chi connectivity index (χ1) is 12.4. The Balaban J connectivity index is 0.00000261. The van der Waals surface area contributed by atoms with E-state index in [0.717, 1.165) is 31.1 Å². The molecule has 0 radical (unpaired) electrons. The fourth-order valence-corrected chi connectivity index (χ4v) is 4.48. The summed E-state index contributed by atoms with van der Waals surface area (Å²) < 4.78 is 5.98. The molecule has 1 aromatic rings. The predicted molar refractivity (Wildman–Crippen MR) is 121 cm³/mol. The number of aliphatic imine (C=N–C) groups is 1. The lowest BCUT2D eigenvalue weighted by atomic mass is 9.55. The highest BCUT2D eigenvalue weighted by molar-refractivity contribution is 14.0. The van der Waals surface area contributed by atoms with Gasteiger partial charge in [-0.15, -0.1) is 24.0 Å². The van der Waals surface area contributed by atoms with Crippen LogP contribution in [0.4, 0.5) is 0 Å². The van der Waals surface area contributed by atoms with Crippen LogP contribution in [-0.2, 0) is 4.74 Å². The lowest BCUT2D eigenvalue weighted by molar-refractivity contribution is -0.188. The Kier molecular flexibility index (Phi) is 8.21. The number of aliphatic hydroxyl groups excluding tert-OH is 1. The van der Waals surface area contributed by atoms with Crippen molar-refractivity contribution in [2.75, 3.05) is 19.7 Å². The van der Waals surface area contributed by atoms with Crippen molar-refractivity contribution < 1.29 is 9.84 Å². The molecule has 1 saturated carbocycles. The number of ether oxygens (including phenoxy) is 1. The maximum Gasteiger partial charge on any atom is 0.191 e. The zero-order valence-electron chi connectivity index (χ0n) is 16.2. The minimum atomic E-state index is -0.677. The second-order valence-corrected chi connectivity index (χ2v) is 8.27. The van der Waals surface area contributed by atoms with E-state index >= 15 is 0 Å². The van der Waals surface area contributed by atoms with E-state index in [2.05, 4.69) is 29.5 Å². The Hall–Kier alpha value is -0.570. The van der Waals surface area contributed by atoms with Crippen LogP contribution in [0.3, 0.4) is 0 Å². The van der Waals surface area contributed by atoms with Crippen molar-refractivity contribution in [1.82, 2.24) is 10.6 Å². The minimum absolute atomic E-state index is 0. The van der Waals surface area contributed by atoms with Gasteiger partial charge in [0.2, 0.25) is 0 Å². The second-order valence-electron chi connectivity index (χ2n) is 7.83. The SMILES string of the molecule is CCNC(=NCC(O)c1cccc(Cl)c1)NC1C2CCCOC2C1(C)C.I.